The van der Waals surface area contributed by atoms with E-state index in [-0.39, 0.29) is 11.5 Å². The van der Waals surface area contributed by atoms with E-state index >= 15 is 0 Å². The maximum atomic E-state index is 12.4. The lowest BCUT2D eigenvalue weighted by molar-refractivity contribution is -0.142. The Morgan fingerprint density at radius 2 is 1.81 bits per heavy atom. The molecule has 7 atom stereocenters. The highest BCUT2D eigenvalue weighted by Crippen LogP contribution is 2.65. The maximum absolute atomic E-state index is 12.4. The number of aliphatic hydroxyl groups excluding tert-OH is 1. The van der Waals surface area contributed by atoms with Crippen molar-refractivity contribution in [3.05, 3.63) is 0 Å². The quantitative estimate of drug-likeness (QED) is 0.733. The first-order chi connectivity index (χ1) is 9.95. The third kappa shape index (κ3) is 1.84. The molecular weight excluding hydrogens is 260 g/mol. The molecule has 0 bridgehead atoms. The number of carbonyl (C=O) groups is 1. The van der Waals surface area contributed by atoms with Gasteiger partial charge in [0.05, 0.1) is 6.10 Å². The Kier molecular flexibility index (Phi) is 3.10. The molecule has 4 fully saturated rings. The van der Waals surface area contributed by atoms with Crippen LogP contribution in [0.2, 0.25) is 0 Å². The second-order valence-corrected chi connectivity index (χ2v) is 9.00. The third-order valence-corrected chi connectivity index (χ3v) is 8.35. The number of aliphatic hydroxyl groups is 1. The van der Waals surface area contributed by atoms with E-state index in [1.165, 1.54) is 25.7 Å². The molecule has 0 aromatic carbocycles. The highest BCUT2D eigenvalue weighted by Gasteiger charge is 2.60. The second-order valence-electron chi connectivity index (χ2n) is 9.00. The molecule has 4 aliphatic carbocycles. The summed E-state index contributed by atoms with van der Waals surface area (Å²) in [6.07, 6.45) is 10.1. The number of rotatable bonds is 0. The van der Waals surface area contributed by atoms with Crippen molar-refractivity contribution < 1.29 is 9.90 Å². The third-order valence-electron chi connectivity index (χ3n) is 8.35. The zero-order chi connectivity index (χ0) is 14.8. The smallest absolute Gasteiger partial charge is 0.139 e. The average molecular weight is 290 g/mol. The van der Waals surface area contributed by atoms with Crippen LogP contribution in [0.4, 0.5) is 0 Å². The summed E-state index contributed by atoms with van der Waals surface area (Å²) in [6.45, 7) is 4.78. The summed E-state index contributed by atoms with van der Waals surface area (Å²) >= 11 is 0. The molecule has 2 heteroatoms. The van der Waals surface area contributed by atoms with E-state index in [4.69, 9.17) is 0 Å². The van der Waals surface area contributed by atoms with E-state index in [1.54, 1.807) is 0 Å². The summed E-state index contributed by atoms with van der Waals surface area (Å²) in [7, 11) is 0. The fraction of sp³-hybridized carbons (Fsp3) is 0.947. The number of carbonyl (C=O) groups excluding carboxylic acids is 1. The number of fused-ring (bicyclic) bond motifs is 5. The van der Waals surface area contributed by atoms with Crippen LogP contribution >= 0.6 is 0 Å². The molecule has 0 unspecified atom stereocenters. The van der Waals surface area contributed by atoms with Crippen LogP contribution in [0.15, 0.2) is 0 Å². The summed E-state index contributed by atoms with van der Waals surface area (Å²) < 4.78 is 0. The van der Waals surface area contributed by atoms with Gasteiger partial charge < -0.3 is 5.11 Å². The van der Waals surface area contributed by atoms with Gasteiger partial charge in [-0.1, -0.05) is 13.8 Å². The van der Waals surface area contributed by atoms with Gasteiger partial charge in [0.15, 0.2) is 0 Å². The topological polar surface area (TPSA) is 37.3 Å². The van der Waals surface area contributed by atoms with Gasteiger partial charge in [0.2, 0.25) is 0 Å². The summed E-state index contributed by atoms with van der Waals surface area (Å²) in [4.78, 5) is 12.4. The van der Waals surface area contributed by atoms with E-state index in [2.05, 4.69) is 13.8 Å². The van der Waals surface area contributed by atoms with Crippen LogP contribution in [-0.4, -0.2) is 17.0 Å². The summed E-state index contributed by atoms with van der Waals surface area (Å²) in [5.74, 6) is 3.54. The Bertz CT molecular complexity index is 458. The van der Waals surface area contributed by atoms with Gasteiger partial charge in [-0.15, -0.1) is 0 Å². The molecule has 2 nitrogen and oxygen atoms in total. The number of hydrogen-bond acceptors (Lipinski definition) is 2. The standard InChI is InChI=1S/C19H30O2/c1-18-9-7-13(20)11-12(18)3-4-14-15-5-6-17(21)19(15,2)10-8-16(14)18/h12-16,20H,3-11H2,1-2H3/t12-,13-,14+,15+,16+,18-,19+/m0/s1. The monoisotopic (exact) mass is 290 g/mol. The van der Waals surface area contributed by atoms with Crippen LogP contribution in [-0.2, 0) is 4.79 Å². The number of hydrogen-bond donors (Lipinski definition) is 1. The minimum Gasteiger partial charge on any atom is -0.393 e. The van der Waals surface area contributed by atoms with E-state index in [0.29, 0.717) is 17.1 Å². The summed E-state index contributed by atoms with van der Waals surface area (Å²) in [5, 5.41) is 10.0. The molecule has 4 rings (SSSR count). The first-order valence-electron chi connectivity index (χ1n) is 9.16. The van der Waals surface area contributed by atoms with E-state index in [9.17, 15) is 9.90 Å². The summed E-state index contributed by atoms with van der Waals surface area (Å²) in [5.41, 5.74) is 0.452. The van der Waals surface area contributed by atoms with Crippen molar-refractivity contribution >= 4 is 5.78 Å². The lowest BCUT2D eigenvalue weighted by Crippen LogP contribution is -2.54. The summed E-state index contributed by atoms with van der Waals surface area (Å²) in [6, 6.07) is 0. The first-order valence-corrected chi connectivity index (χ1v) is 9.16. The average Bonchev–Trinajstić information content (AvgIpc) is 2.76. The molecule has 118 valence electrons. The minimum absolute atomic E-state index is 0.0124. The number of ketones is 1. The molecule has 0 spiro atoms. The van der Waals surface area contributed by atoms with Gasteiger partial charge in [0.25, 0.3) is 0 Å². The molecule has 21 heavy (non-hydrogen) atoms. The van der Waals surface area contributed by atoms with E-state index in [1.807, 2.05) is 0 Å². The molecule has 4 saturated carbocycles. The minimum atomic E-state index is -0.0541. The molecule has 0 radical (unpaired) electrons. The van der Waals surface area contributed by atoms with Gasteiger partial charge in [-0.25, -0.2) is 0 Å². The van der Waals surface area contributed by atoms with Crippen molar-refractivity contribution in [2.45, 2.75) is 77.7 Å². The van der Waals surface area contributed by atoms with Gasteiger partial charge in [0, 0.05) is 11.8 Å². The molecule has 0 aromatic heterocycles. The molecule has 4 aliphatic rings. The fourth-order valence-electron chi connectivity index (χ4n) is 7.01. The largest absolute Gasteiger partial charge is 0.393 e. The van der Waals surface area contributed by atoms with Crippen LogP contribution in [0.3, 0.4) is 0 Å². The lowest BCUT2D eigenvalue weighted by Gasteiger charge is -2.60. The van der Waals surface area contributed by atoms with Crippen LogP contribution in [0, 0.1) is 34.5 Å². The highest BCUT2D eigenvalue weighted by atomic mass is 16.3. The van der Waals surface area contributed by atoms with Crippen LogP contribution in [0.25, 0.3) is 0 Å². The van der Waals surface area contributed by atoms with Crippen LogP contribution in [0.1, 0.15) is 71.6 Å². The predicted molar refractivity (Wildman–Crippen MR) is 82.7 cm³/mol. The van der Waals surface area contributed by atoms with Crippen molar-refractivity contribution in [3.8, 4) is 0 Å². The zero-order valence-electron chi connectivity index (χ0n) is 13.6. The van der Waals surface area contributed by atoms with Crippen molar-refractivity contribution in [3.63, 3.8) is 0 Å². The van der Waals surface area contributed by atoms with Crippen molar-refractivity contribution in [2.75, 3.05) is 0 Å². The Labute approximate surface area is 128 Å². The SMILES string of the molecule is C[C@]12CC[C@H](O)C[C@@H]1CC[C@H]1[C@H]2CC[C@@]2(C)C(=O)CC[C@H]12. The molecule has 0 amide bonds. The maximum Gasteiger partial charge on any atom is 0.139 e. The predicted octanol–water partition coefficient (Wildman–Crippen LogP) is 3.96. The second kappa shape index (κ2) is 4.57. The normalized spacial score (nSPS) is 56.5. The van der Waals surface area contributed by atoms with Crippen molar-refractivity contribution in [1.82, 2.24) is 0 Å². The van der Waals surface area contributed by atoms with E-state index < -0.39 is 0 Å². The fourth-order valence-corrected chi connectivity index (χ4v) is 7.01. The Balaban J connectivity index is 1.64. The first kappa shape index (κ1) is 14.2. The molecular formula is C19H30O2. The van der Waals surface area contributed by atoms with Crippen molar-refractivity contribution in [1.29, 1.82) is 0 Å². The Hall–Kier alpha value is -0.370. The van der Waals surface area contributed by atoms with Gasteiger partial charge in [0.1, 0.15) is 5.78 Å². The highest BCUT2D eigenvalue weighted by molar-refractivity contribution is 5.87. The number of Topliss-reactive ketones (excluding diaryl/α,β-unsaturated/α-hetero) is 1. The molecule has 0 heterocycles. The Morgan fingerprint density at radius 3 is 2.62 bits per heavy atom. The van der Waals surface area contributed by atoms with Crippen molar-refractivity contribution in [2.24, 2.45) is 34.5 Å². The van der Waals surface area contributed by atoms with Gasteiger partial charge in [-0.05, 0) is 80.5 Å². The van der Waals surface area contributed by atoms with Gasteiger partial charge in [-0.3, -0.25) is 4.79 Å². The van der Waals surface area contributed by atoms with Crippen LogP contribution in [0.5, 0.6) is 0 Å². The molecule has 0 saturated heterocycles. The van der Waals surface area contributed by atoms with Gasteiger partial charge >= 0.3 is 0 Å². The molecule has 0 aliphatic heterocycles. The zero-order valence-corrected chi connectivity index (χ0v) is 13.6. The molecule has 0 aromatic rings. The van der Waals surface area contributed by atoms with Gasteiger partial charge in [-0.2, -0.15) is 0 Å². The van der Waals surface area contributed by atoms with Crippen LogP contribution < -0.4 is 0 Å². The lowest BCUT2D eigenvalue weighted by atomic mass is 9.45. The molecule has 1 N–H and O–H groups in total. The Morgan fingerprint density at radius 1 is 1.00 bits per heavy atom. The van der Waals surface area contributed by atoms with E-state index in [0.717, 1.165) is 49.9 Å².